The molecule has 1 aliphatic heterocycles. The highest BCUT2D eigenvalue weighted by Gasteiger charge is 2.25. The summed E-state index contributed by atoms with van der Waals surface area (Å²) >= 11 is 0. The molecule has 0 amide bonds. The Balaban J connectivity index is 0.000000400. The van der Waals surface area contributed by atoms with Crippen LogP contribution in [0.2, 0.25) is 0 Å². The highest BCUT2D eigenvalue weighted by molar-refractivity contribution is 8.07. The van der Waals surface area contributed by atoms with E-state index in [0.717, 1.165) is 4.13 Å². The van der Waals surface area contributed by atoms with Gasteiger partial charge >= 0.3 is 0 Å². The molecule has 0 saturated carbocycles. The van der Waals surface area contributed by atoms with Crippen molar-refractivity contribution in [3.63, 3.8) is 0 Å². The second-order valence-corrected chi connectivity index (χ2v) is 7.70. The van der Waals surface area contributed by atoms with Crippen LogP contribution >= 0.6 is 0 Å². The summed E-state index contributed by atoms with van der Waals surface area (Å²) in [6, 6.07) is 0. The van der Waals surface area contributed by atoms with Gasteiger partial charge in [-0.05, 0) is 12.8 Å². The first-order chi connectivity index (χ1) is 9.47. The maximum Gasteiger partial charge on any atom is 0.241 e. The number of rotatable bonds is 7. The monoisotopic (exact) mass is 350 g/mol. The Morgan fingerprint density at radius 1 is 0.952 bits per heavy atom. The fourth-order valence-electron chi connectivity index (χ4n) is 2.35. The minimum atomic E-state index is -5.62. The molecular formula is C11H24F2N2O4S2. The van der Waals surface area contributed by atoms with Crippen molar-refractivity contribution in [2.24, 2.45) is 0 Å². The van der Waals surface area contributed by atoms with Crippen molar-refractivity contribution < 1.29 is 29.1 Å². The Labute approximate surface area is 126 Å². The first-order valence-electron chi connectivity index (χ1n) is 6.94. The van der Waals surface area contributed by atoms with Gasteiger partial charge in [-0.3, -0.25) is 0 Å². The van der Waals surface area contributed by atoms with Gasteiger partial charge in [-0.1, -0.05) is 19.8 Å². The van der Waals surface area contributed by atoms with Crippen LogP contribution in [0.3, 0.4) is 0 Å². The summed E-state index contributed by atoms with van der Waals surface area (Å²) in [6.07, 6.45) is 8.62. The van der Waals surface area contributed by atoms with Gasteiger partial charge in [0.1, 0.15) is 0 Å². The summed E-state index contributed by atoms with van der Waals surface area (Å²) in [5, 5.41) is 0. The van der Waals surface area contributed by atoms with E-state index in [2.05, 4.69) is 14.0 Å². The van der Waals surface area contributed by atoms with Gasteiger partial charge < -0.3 is 8.61 Å². The van der Waals surface area contributed by atoms with Crippen molar-refractivity contribution >= 4 is 20.8 Å². The van der Waals surface area contributed by atoms with Crippen molar-refractivity contribution in [1.82, 2.24) is 0 Å². The Morgan fingerprint density at radius 3 is 1.76 bits per heavy atom. The highest BCUT2D eigenvalue weighted by Crippen LogP contribution is 2.17. The maximum atomic E-state index is 11.1. The molecule has 1 fully saturated rings. The van der Waals surface area contributed by atoms with Gasteiger partial charge in [-0.25, -0.2) is 16.8 Å². The topological polar surface area (TPSA) is 82.4 Å². The largest absolute Gasteiger partial charge is 0.379 e. The third-order valence-electron chi connectivity index (χ3n) is 3.38. The molecule has 1 rings (SSSR count). The third-order valence-corrected chi connectivity index (χ3v) is 4.80. The van der Waals surface area contributed by atoms with E-state index in [9.17, 15) is 24.6 Å². The molecule has 10 heteroatoms. The predicted octanol–water partition coefficient (Wildman–Crippen LogP) is 2.60. The normalized spacial score (nSPS) is 18.1. The fourth-order valence-corrected chi connectivity index (χ4v) is 3.20. The van der Waals surface area contributed by atoms with Crippen LogP contribution in [0.15, 0.2) is 0 Å². The van der Waals surface area contributed by atoms with Crippen LogP contribution in [0.4, 0.5) is 7.77 Å². The van der Waals surface area contributed by atoms with Crippen LogP contribution in [-0.2, 0) is 20.8 Å². The summed E-state index contributed by atoms with van der Waals surface area (Å²) in [6.45, 7) is 6.59. The third kappa shape index (κ3) is 13.1. The molecule has 1 heterocycles. The van der Waals surface area contributed by atoms with Crippen molar-refractivity contribution in [3.8, 4) is 0 Å². The summed E-state index contributed by atoms with van der Waals surface area (Å²) in [7, 11) is -8.81. The van der Waals surface area contributed by atoms with E-state index in [1.54, 1.807) is 0 Å². The second-order valence-electron chi connectivity index (χ2n) is 5.46. The zero-order valence-corrected chi connectivity index (χ0v) is 14.1. The van der Waals surface area contributed by atoms with Crippen molar-refractivity contribution in [3.05, 3.63) is 4.13 Å². The molecule has 21 heavy (non-hydrogen) atoms. The number of quaternary nitrogens is 1. The molecule has 0 aromatic rings. The first kappa shape index (κ1) is 20.7. The van der Waals surface area contributed by atoms with E-state index in [0.29, 0.717) is 0 Å². The first-order valence-corrected chi connectivity index (χ1v) is 9.62. The van der Waals surface area contributed by atoms with E-state index in [4.69, 9.17) is 0 Å². The summed E-state index contributed by atoms with van der Waals surface area (Å²) in [5.41, 5.74) is 0. The molecule has 0 aliphatic carbocycles. The molecule has 0 N–H and O–H groups in total. The lowest BCUT2D eigenvalue weighted by Crippen LogP contribution is -2.41. The van der Waals surface area contributed by atoms with Gasteiger partial charge in [0.15, 0.2) is 0 Å². The number of likely N-dealkylation sites (tertiary alicyclic amines) is 1. The van der Waals surface area contributed by atoms with Crippen molar-refractivity contribution in [2.45, 2.75) is 45.4 Å². The van der Waals surface area contributed by atoms with E-state index >= 15 is 0 Å². The Bertz CT molecular complexity index is 458. The Kier molecular flexibility index (Phi) is 8.83. The number of unbranched alkanes of at least 4 members (excludes halogenated alkanes) is 3. The Morgan fingerprint density at radius 2 is 1.43 bits per heavy atom. The van der Waals surface area contributed by atoms with Crippen LogP contribution in [-0.4, -0.2) is 48.0 Å². The highest BCUT2D eigenvalue weighted by atomic mass is 32.3. The lowest BCUT2D eigenvalue weighted by Gasteiger charge is -2.29. The summed E-state index contributed by atoms with van der Waals surface area (Å²) in [4.78, 5) is 0. The minimum Gasteiger partial charge on any atom is -0.379 e. The fraction of sp³-hybridized carbons (Fsp3) is 1.00. The van der Waals surface area contributed by atoms with Crippen molar-refractivity contribution in [2.75, 3.05) is 26.7 Å². The molecule has 0 atom stereocenters. The molecule has 1 saturated heterocycles. The Hall–Kier alpha value is -0.320. The number of hydrogen-bond acceptors (Lipinski definition) is 4. The molecule has 0 bridgehead atoms. The van der Waals surface area contributed by atoms with Crippen molar-refractivity contribution in [1.29, 1.82) is 0 Å². The van der Waals surface area contributed by atoms with Crippen LogP contribution in [0.5, 0.6) is 0 Å². The maximum absolute atomic E-state index is 11.1. The van der Waals surface area contributed by atoms with Gasteiger partial charge in [0, 0.05) is 12.8 Å². The van der Waals surface area contributed by atoms with Gasteiger partial charge in [-0.15, -0.1) is 7.77 Å². The molecule has 0 unspecified atom stereocenters. The van der Waals surface area contributed by atoms with E-state index in [1.807, 2.05) is 0 Å². The number of nitrogens with zero attached hydrogens (tertiary/aromatic N) is 2. The molecule has 128 valence electrons. The van der Waals surface area contributed by atoms with Crippen LogP contribution < -0.4 is 0 Å². The second kappa shape index (κ2) is 8.96. The van der Waals surface area contributed by atoms with Gasteiger partial charge in [0.05, 0.1) is 26.7 Å². The van der Waals surface area contributed by atoms with E-state index in [-0.39, 0.29) is 0 Å². The quantitative estimate of drug-likeness (QED) is 0.401. The summed E-state index contributed by atoms with van der Waals surface area (Å²) in [5.74, 6) is 0. The zero-order valence-electron chi connectivity index (χ0n) is 12.5. The standard InChI is InChI=1S/C11H24N.F2NO4S2/c1-3-4-5-6-9-12(2)10-7-8-11-12;1-8(4,5)3-9(2,6)7/h3-11H2,1-2H3;/q+1;-1. The zero-order chi connectivity index (χ0) is 16.6. The van der Waals surface area contributed by atoms with Gasteiger partial charge in [0.2, 0.25) is 20.8 Å². The average Bonchev–Trinajstić information content (AvgIpc) is 2.68. The molecule has 1 aliphatic rings. The molecule has 0 spiro atoms. The lowest BCUT2D eigenvalue weighted by atomic mass is 10.2. The van der Waals surface area contributed by atoms with Crippen LogP contribution in [0.1, 0.15) is 45.4 Å². The molecule has 0 aromatic carbocycles. The average molecular weight is 350 g/mol. The number of hydrogen-bond donors (Lipinski definition) is 0. The molecular weight excluding hydrogens is 326 g/mol. The summed E-state index contributed by atoms with van der Waals surface area (Å²) < 4.78 is 61.4. The lowest BCUT2D eigenvalue weighted by molar-refractivity contribution is -0.897. The van der Waals surface area contributed by atoms with E-state index in [1.165, 1.54) is 62.6 Å². The smallest absolute Gasteiger partial charge is 0.241 e. The minimum absolute atomic E-state index is 1.15. The van der Waals surface area contributed by atoms with Crippen LogP contribution in [0.25, 0.3) is 4.13 Å². The molecule has 0 aromatic heterocycles. The predicted molar refractivity (Wildman–Crippen MR) is 77.6 cm³/mol. The van der Waals surface area contributed by atoms with Crippen LogP contribution in [0, 0.1) is 0 Å². The van der Waals surface area contributed by atoms with E-state index < -0.39 is 20.8 Å². The SMILES string of the molecule is CCCCCC[N+]1(C)CCCC1.O=S(=O)(F)[N-]S(=O)(=O)F. The molecule has 6 nitrogen and oxygen atoms in total. The molecule has 0 radical (unpaired) electrons. The van der Waals surface area contributed by atoms with Gasteiger partial charge in [-0.2, -0.15) is 0 Å². The number of halogens is 2. The van der Waals surface area contributed by atoms with Gasteiger partial charge in [0.25, 0.3) is 0 Å².